The maximum absolute atomic E-state index is 9.47. The molecule has 0 N–H and O–H groups in total. The Morgan fingerprint density at radius 3 is 1.38 bits per heavy atom. The van der Waals surface area contributed by atoms with Crippen LogP contribution >= 0.6 is 0 Å². The second-order valence-electron chi connectivity index (χ2n) is 19.5. The number of nitriles is 2. The molecule has 0 unspecified atom stereocenters. The summed E-state index contributed by atoms with van der Waals surface area (Å²) in [6.45, 7) is 6.75. The van der Waals surface area contributed by atoms with Crippen LogP contribution in [0, 0.1) is 22.7 Å². The molecule has 0 fully saturated rings. The number of aryl methyl sites for hydroxylation is 4. The number of rotatable bonds is 13. The molecule has 72 heavy (non-hydrogen) atoms. The van der Waals surface area contributed by atoms with Crippen molar-refractivity contribution in [3.8, 4) is 90.4 Å². The minimum atomic E-state index is 0.000146. The average Bonchev–Trinajstić information content (AvgIpc) is 3.44. The quantitative estimate of drug-likeness (QED) is 0.115. The summed E-state index contributed by atoms with van der Waals surface area (Å²) >= 11 is 0. The number of nitrogens with zero attached hydrogens (tertiary/aromatic N) is 5. The highest BCUT2D eigenvalue weighted by molar-refractivity contribution is 5.93. The molecule has 0 saturated heterocycles. The van der Waals surface area contributed by atoms with Crippen LogP contribution in [0.25, 0.3) is 78.3 Å². The van der Waals surface area contributed by atoms with Gasteiger partial charge in [-0.2, -0.15) is 10.5 Å². The Balaban J connectivity index is 1.02. The first-order valence-electron chi connectivity index (χ1n) is 24.6. The van der Waals surface area contributed by atoms with Gasteiger partial charge in [0.05, 0.1) is 40.3 Å². The van der Waals surface area contributed by atoms with Crippen LogP contribution in [0.2, 0.25) is 0 Å². The van der Waals surface area contributed by atoms with Crippen LogP contribution in [0.1, 0.15) is 59.7 Å². The predicted octanol–water partition coefficient (Wildman–Crippen LogP) is 16.2. The van der Waals surface area contributed by atoms with E-state index in [1.165, 1.54) is 27.8 Å². The maximum Gasteiger partial charge on any atom is 0.0991 e. The Morgan fingerprint density at radius 2 is 0.819 bits per heavy atom. The molecule has 5 nitrogen and oxygen atoms in total. The molecule has 0 aliphatic rings. The van der Waals surface area contributed by atoms with Crippen LogP contribution in [0.5, 0.6) is 0 Å². The molecule has 5 heteroatoms. The summed E-state index contributed by atoms with van der Waals surface area (Å²) in [6, 6.07) is 74.4. The highest BCUT2D eigenvalue weighted by Crippen LogP contribution is 2.41. The van der Waals surface area contributed by atoms with Crippen molar-refractivity contribution in [1.82, 2.24) is 15.0 Å². The van der Waals surface area contributed by atoms with Gasteiger partial charge in [0, 0.05) is 40.8 Å². The number of hydrogen-bond donors (Lipinski definition) is 0. The van der Waals surface area contributed by atoms with E-state index in [9.17, 15) is 10.5 Å². The van der Waals surface area contributed by atoms with E-state index in [4.69, 9.17) is 15.0 Å². The van der Waals surface area contributed by atoms with Crippen molar-refractivity contribution in [3.05, 3.63) is 258 Å². The van der Waals surface area contributed by atoms with Crippen molar-refractivity contribution >= 4 is 0 Å². The van der Waals surface area contributed by atoms with Crippen LogP contribution in [0.3, 0.4) is 0 Å². The zero-order chi connectivity index (χ0) is 49.4. The first-order valence-corrected chi connectivity index (χ1v) is 24.6. The van der Waals surface area contributed by atoms with E-state index in [2.05, 4.69) is 191 Å². The number of benzene rings is 7. The normalized spacial score (nSPS) is 11.2. The van der Waals surface area contributed by atoms with Crippen LogP contribution < -0.4 is 0 Å². The Hall–Kier alpha value is -9.03. The molecular weight excluding hydrogens is 875 g/mol. The molecular formula is C67H53N5. The molecule has 3 aromatic heterocycles. The smallest absolute Gasteiger partial charge is 0.0991 e. The molecule has 0 aliphatic carbocycles. The summed E-state index contributed by atoms with van der Waals surface area (Å²) in [4.78, 5) is 14.9. The predicted molar refractivity (Wildman–Crippen MR) is 294 cm³/mol. The van der Waals surface area contributed by atoms with Gasteiger partial charge in [-0.3, -0.25) is 15.0 Å². The second kappa shape index (κ2) is 20.9. The van der Waals surface area contributed by atoms with Gasteiger partial charge in [0.2, 0.25) is 0 Å². The fourth-order valence-electron chi connectivity index (χ4n) is 9.42. The summed E-state index contributed by atoms with van der Waals surface area (Å²) in [7, 11) is 0. The van der Waals surface area contributed by atoms with Gasteiger partial charge in [0.1, 0.15) is 0 Å². The fraction of sp³-hybridized carbons (Fsp3) is 0.119. The van der Waals surface area contributed by atoms with Crippen LogP contribution in [-0.4, -0.2) is 15.0 Å². The third-order valence-corrected chi connectivity index (χ3v) is 13.4. The molecule has 0 aliphatic heterocycles. The highest BCUT2D eigenvalue weighted by atomic mass is 14.7. The largest absolute Gasteiger partial charge is 0.256 e. The molecule has 0 spiro atoms. The number of aromatic nitrogens is 3. The van der Waals surface area contributed by atoms with Crippen molar-refractivity contribution in [2.24, 2.45) is 0 Å². The zero-order valence-electron chi connectivity index (χ0n) is 40.8. The van der Waals surface area contributed by atoms with Gasteiger partial charge in [-0.1, -0.05) is 172 Å². The molecule has 10 aromatic rings. The monoisotopic (exact) mass is 927 g/mol. The molecule has 0 bridgehead atoms. The van der Waals surface area contributed by atoms with Crippen LogP contribution in [-0.2, 0) is 31.1 Å². The van der Waals surface area contributed by atoms with Crippen LogP contribution in [0.4, 0.5) is 0 Å². The average molecular weight is 928 g/mol. The SMILES string of the molecule is CC(C)(C)c1cccc(-c2cc(-c3ccc(-c4ccccc4)cc3)c(-c3ccccc3-c3cc(CCc4ccc(-c5cccc(C#N)c5)nc4)cc(CCc4ccc(-c5cccc(C#N)c5)nc4)c3)cn2)c1. The van der Waals surface area contributed by atoms with Crippen molar-refractivity contribution in [3.63, 3.8) is 0 Å². The van der Waals surface area contributed by atoms with E-state index >= 15 is 0 Å². The molecule has 0 amide bonds. The first-order chi connectivity index (χ1) is 35.2. The van der Waals surface area contributed by atoms with Gasteiger partial charge in [-0.25, -0.2) is 0 Å². The van der Waals surface area contributed by atoms with Gasteiger partial charge >= 0.3 is 0 Å². The van der Waals surface area contributed by atoms with E-state index in [1.54, 1.807) is 0 Å². The molecule has 0 atom stereocenters. The Kier molecular flexibility index (Phi) is 13.6. The second-order valence-corrected chi connectivity index (χ2v) is 19.5. The third kappa shape index (κ3) is 10.7. The van der Waals surface area contributed by atoms with E-state index in [-0.39, 0.29) is 5.41 Å². The summed E-state index contributed by atoms with van der Waals surface area (Å²) in [5.41, 5.74) is 22.0. The van der Waals surface area contributed by atoms with Gasteiger partial charge in [0.25, 0.3) is 0 Å². The van der Waals surface area contributed by atoms with Crippen molar-refractivity contribution in [1.29, 1.82) is 10.5 Å². The van der Waals surface area contributed by atoms with Crippen LogP contribution in [0.15, 0.2) is 219 Å². The lowest BCUT2D eigenvalue weighted by molar-refractivity contribution is 0.590. The van der Waals surface area contributed by atoms with E-state index in [0.29, 0.717) is 11.1 Å². The van der Waals surface area contributed by atoms with Gasteiger partial charge in [-0.05, 0) is 146 Å². The van der Waals surface area contributed by atoms with Crippen molar-refractivity contribution in [2.45, 2.75) is 51.9 Å². The summed E-state index contributed by atoms with van der Waals surface area (Å²) < 4.78 is 0. The zero-order valence-corrected chi connectivity index (χ0v) is 40.8. The van der Waals surface area contributed by atoms with E-state index < -0.39 is 0 Å². The fourth-order valence-corrected chi connectivity index (χ4v) is 9.42. The molecule has 10 rings (SSSR count). The lowest BCUT2D eigenvalue weighted by Gasteiger charge is -2.20. The molecule has 0 saturated carbocycles. The Morgan fingerprint density at radius 1 is 0.333 bits per heavy atom. The third-order valence-electron chi connectivity index (χ3n) is 13.4. The van der Waals surface area contributed by atoms with Crippen molar-refractivity contribution < 1.29 is 0 Å². The Bertz CT molecular complexity index is 3490. The van der Waals surface area contributed by atoms with Crippen molar-refractivity contribution in [2.75, 3.05) is 0 Å². The lowest BCUT2D eigenvalue weighted by atomic mass is 9.85. The van der Waals surface area contributed by atoms with Gasteiger partial charge in [-0.15, -0.1) is 0 Å². The lowest BCUT2D eigenvalue weighted by Crippen LogP contribution is -2.10. The topological polar surface area (TPSA) is 86.2 Å². The number of pyridine rings is 3. The summed E-state index contributed by atoms with van der Waals surface area (Å²) in [5.74, 6) is 0. The number of hydrogen-bond acceptors (Lipinski definition) is 5. The van der Waals surface area contributed by atoms with E-state index in [1.807, 2.05) is 60.9 Å². The maximum atomic E-state index is 9.47. The summed E-state index contributed by atoms with van der Waals surface area (Å²) in [5, 5.41) is 18.9. The molecule has 7 aromatic carbocycles. The minimum Gasteiger partial charge on any atom is -0.256 e. The molecule has 0 radical (unpaired) electrons. The first kappa shape index (κ1) is 46.7. The Labute approximate surface area is 423 Å². The molecule has 346 valence electrons. The van der Waals surface area contributed by atoms with E-state index in [0.717, 1.165) is 104 Å². The summed E-state index contributed by atoms with van der Waals surface area (Å²) in [6.07, 6.45) is 9.29. The highest BCUT2D eigenvalue weighted by Gasteiger charge is 2.19. The molecule has 3 heterocycles. The van der Waals surface area contributed by atoms with Gasteiger partial charge in [0.15, 0.2) is 0 Å². The standard InChI is InChI=1S/C67H53N5/c1-67(2,3)59-19-11-18-57(39-59)66-40-62(54-30-28-53(29-31-54)52-14-5-4-6-15-52)63(45-72-66)61-21-8-7-20-60(61)58-35-48(24-22-46-26-32-64(70-43-46)55-16-9-12-50(37-55)41-68)34-49(36-58)25-23-47-27-33-65(71-44-47)56-17-10-13-51(38-56)42-69/h4-21,26-40,43-45H,22-25H2,1-3H3. The minimum absolute atomic E-state index is 0.000146. The van der Waals surface area contributed by atoms with Gasteiger partial charge < -0.3 is 0 Å².